The van der Waals surface area contributed by atoms with Gasteiger partial charge in [-0.3, -0.25) is 4.79 Å². The van der Waals surface area contributed by atoms with E-state index in [1.165, 1.54) is 0 Å². The lowest BCUT2D eigenvalue weighted by Gasteiger charge is -2.20. The SMILES string of the molecule is CC[C@@H](NC(=O)c1cc(C(C)C)c(OC)cc1C)c1ccccc1. The van der Waals surface area contributed by atoms with Crippen LogP contribution in [0.5, 0.6) is 5.75 Å². The molecular formula is C21H27NO2. The van der Waals surface area contributed by atoms with E-state index < -0.39 is 0 Å². The first-order valence-electron chi connectivity index (χ1n) is 8.52. The Labute approximate surface area is 145 Å². The topological polar surface area (TPSA) is 38.3 Å². The van der Waals surface area contributed by atoms with Gasteiger partial charge in [-0.15, -0.1) is 0 Å². The second-order valence-corrected chi connectivity index (χ2v) is 6.41. The van der Waals surface area contributed by atoms with Gasteiger partial charge in [0.2, 0.25) is 0 Å². The van der Waals surface area contributed by atoms with Crippen molar-refractivity contribution in [3.05, 3.63) is 64.7 Å². The van der Waals surface area contributed by atoms with Crippen LogP contribution in [0.4, 0.5) is 0 Å². The first kappa shape index (κ1) is 18.1. The molecule has 0 aliphatic heterocycles. The van der Waals surface area contributed by atoms with Crippen LogP contribution in [-0.2, 0) is 0 Å². The van der Waals surface area contributed by atoms with E-state index in [1.54, 1.807) is 7.11 Å². The number of amides is 1. The van der Waals surface area contributed by atoms with Crippen LogP contribution in [0.15, 0.2) is 42.5 Å². The quantitative estimate of drug-likeness (QED) is 0.811. The van der Waals surface area contributed by atoms with Crippen LogP contribution >= 0.6 is 0 Å². The molecule has 0 radical (unpaired) electrons. The molecule has 1 atom stereocenters. The fraction of sp³-hybridized carbons (Fsp3) is 0.381. The molecule has 0 heterocycles. The van der Waals surface area contributed by atoms with Gasteiger partial charge < -0.3 is 10.1 Å². The number of ether oxygens (including phenoxy) is 1. The smallest absolute Gasteiger partial charge is 0.252 e. The molecule has 0 aromatic heterocycles. The highest BCUT2D eigenvalue weighted by Crippen LogP contribution is 2.30. The molecule has 0 unspecified atom stereocenters. The van der Waals surface area contributed by atoms with E-state index in [2.05, 4.69) is 38.2 Å². The number of benzene rings is 2. The van der Waals surface area contributed by atoms with Gasteiger partial charge in [0.15, 0.2) is 0 Å². The molecule has 24 heavy (non-hydrogen) atoms. The molecule has 2 aromatic carbocycles. The van der Waals surface area contributed by atoms with E-state index in [0.717, 1.165) is 28.9 Å². The Kier molecular flexibility index (Phi) is 6.02. The largest absolute Gasteiger partial charge is 0.496 e. The molecule has 3 nitrogen and oxygen atoms in total. The Morgan fingerprint density at radius 1 is 1.17 bits per heavy atom. The molecule has 2 rings (SSSR count). The highest BCUT2D eigenvalue weighted by molar-refractivity contribution is 5.96. The first-order valence-corrected chi connectivity index (χ1v) is 8.52. The fourth-order valence-corrected chi connectivity index (χ4v) is 2.91. The lowest BCUT2D eigenvalue weighted by atomic mass is 9.95. The van der Waals surface area contributed by atoms with Crippen LogP contribution in [0.1, 0.15) is 66.2 Å². The molecule has 128 valence electrons. The minimum absolute atomic E-state index is 0.0164. The van der Waals surface area contributed by atoms with Crippen LogP contribution in [0, 0.1) is 6.92 Å². The van der Waals surface area contributed by atoms with Gasteiger partial charge in [-0.05, 0) is 48.1 Å². The zero-order valence-corrected chi connectivity index (χ0v) is 15.2. The highest BCUT2D eigenvalue weighted by atomic mass is 16.5. The number of nitrogens with one attached hydrogen (secondary N) is 1. The summed E-state index contributed by atoms with van der Waals surface area (Å²) in [5, 5.41) is 3.16. The van der Waals surface area contributed by atoms with Crippen molar-refractivity contribution >= 4 is 5.91 Å². The maximum atomic E-state index is 12.8. The Bertz CT molecular complexity index is 692. The predicted octanol–water partition coefficient (Wildman–Crippen LogP) is 5.01. The van der Waals surface area contributed by atoms with Gasteiger partial charge in [-0.25, -0.2) is 0 Å². The van der Waals surface area contributed by atoms with Gasteiger partial charge in [0, 0.05) is 5.56 Å². The summed E-state index contributed by atoms with van der Waals surface area (Å²) in [4.78, 5) is 12.8. The molecule has 3 heteroatoms. The van der Waals surface area contributed by atoms with Crippen molar-refractivity contribution in [3.8, 4) is 5.75 Å². The number of aryl methyl sites for hydroxylation is 1. The zero-order chi connectivity index (χ0) is 17.7. The third-order valence-corrected chi connectivity index (χ3v) is 4.36. The molecule has 0 spiro atoms. The lowest BCUT2D eigenvalue weighted by molar-refractivity contribution is 0.0935. The summed E-state index contributed by atoms with van der Waals surface area (Å²) in [6.07, 6.45) is 0.849. The third-order valence-electron chi connectivity index (χ3n) is 4.36. The van der Waals surface area contributed by atoms with Crippen LogP contribution in [0.25, 0.3) is 0 Å². The van der Waals surface area contributed by atoms with Gasteiger partial charge in [0.05, 0.1) is 13.2 Å². The summed E-state index contributed by atoms with van der Waals surface area (Å²) in [6, 6.07) is 14.0. The summed E-state index contributed by atoms with van der Waals surface area (Å²) in [5.74, 6) is 1.10. The normalized spacial score (nSPS) is 12.1. The molecule has 0 fully saturated rings. The van der Waals surface area contributed by atoms with Crippen molar-refractivity contribution in [2.75, 3.05) is 7.11 Å². The second-order valence-electron chi connectivity index (χ2n) is 6.41. The standard InChI is InChI=1S/C21H27NO2/c1-6-19(16-10-8-7-9-11-16)22-21(23)18-13-17(14(2)3)20(24-5)12-15(18)4/h7-14,19H,6H2,1-5H3,(H,22,23)/t19-/m1/s1. The number of hydrogen-bond acceptors (Lipinski definition) is 2. The number of carbonyl (C=O) groups excluding carboxylic acids is 1. The maximum absolute atomic E-state index is 12.8. The van der Waals surface area contributed by atoms with Gasteiger partial charge in [-0.1, -0.05) is 51.1 Å². The lowest BCUT2D eigenvalue weighted by Crippen LogP contribution is -2.28. The Morgan fingerprint density at radius 3 is 2.38 bits per heavy atom. The van der Waals surface area contributed by atoms with Crippen LogP contribution < -0.4 is 10.1 Å². The molecule has 2 aromatic rings. The highest BCUT2D eigenvalue weighted by Gasteiger charge is 2.18. The molecule has 1 amide bonds. The Hall–Kier alpha value is -2.29. The summed E-state index contributed by atoms with van der Waals surface area (Å²) in [6.45, 7) is 8.24. The summed E-state index contributed by atoms with van der Waals surface area (Å²) in [7, 11) is 1.67. The maximum Gasteiger partial charge on any atom is 0.252 e. The molecule has 0 saturated carbocycles. The van der Waals surface area contributed by atoms with E-state index >= 15 is 0 Å². The van der Waals surface area contributed by atoms with Gasteiger partial charge >= 0.3 is 0 Å². The average Bonchev–Trinajstić information content (AvgIpc) is 2.59. The number of rotatable bonds is 6. The number of methoxy groups -OCH3 is 1. The van der Waals surface area contributed by atoms with Crippen molar-refractivity contribution in [3.63, 3.8) is 0 Å². The van der Waals surface area contributed by atoms with Gasteiger partial charge in [-0.2, -0.15) is 0 Å². The Morgan fingerprint density at radius 2 is 1.83 bits per heavy atom. The summed E-state index contributed by atoms with van der Waals surface area (Å²) in [5.41, 5.74) is 3.83. The van der Waals surface area contributed by atoms with Gasteiger partial charge in [0.1, 0.15) is 5.75 Å². The minimum Gasteiger partial charge on any atom is -0.496 e. The molecule has 1 N–H and O–H groups in total. The molecular weight excluding hydrogens is 298 g/mol. The summed E-state index contributed by atoms with van der Waals surface area (Å²) >= 11 is 0. The minimum atomic E-state index is -0.0345. The molecule has 0 aliphatic rings. The Balaban J connectivity index is 2.30. The fourth-order valence-electron chi connectivity index (χ4n) is 2.91. The zero-order valence-electron chi connectivity index (χ0n) is 15.2. The van der Waals surface area contributed by atoms with E-state index in [9.17, 15) is 4.79 Å². The van der Waals surface area contributed by atoms with Gasteiger partial charge in [0.25, 0.3) is 5.91 Å². The van der Waals surface area contributed by atoms with Crippen molar-refractivity contribution in [1.82, 2.24) is 5.32 Å². The first-order chi connectivity index (χ1) is 11.5. The van der Waals surface area contributed by atoms with Crippen LogP contribution in [0.3, 0.4) is 0 Å². The third kappa shape index (κ3) is 3.97. The summed E-state index contributed by atoms with van der Waals surface area (Å²) < 4.78 is 5.46. The van der Waals surface area contributed by atoms with Crippen molar-refractivity contribution in [2.24, 2.45) is 0 Å². The predicted molar refractivity (Wildman–Crippen MR) is 98.8 cm³/mol. The van der Waals surface area contributed by atoms with E-state index in [1.807, 2.05) is 37.3 Å². The van der Waals surface area contributed by atoms with Crippen LogP contribution in [-0.4, -0.2) is 13.0 Å². The van der Waals surface area contributed by atoms with E-state index in [4.69, 9.17) is 4.74 Å². The number of hydrogen-bond donors (Lipinski definition) is 1. The van der Waals surface area contributed by atoms with Crippen molar-refractivity contribution in [2.45, 2.75) is 46.1 Å². The van der Waals surface area contributed by atoms with E-state index in [-0.39, 0.29) is 11.9 Å². The molecule has 0 saturated heterocycles. The molecule has 0 aliphatic carbocycles. The van der Waals surface area contributed by atoms with Crippen molar-refractivity contribution < 1.29 is 9.53 Å². The van der Waals surface area contributed by atoms with E-state index in [0.29, 0.717) is 11.5 Å². The second kappa shape index (κ2) is 8.00. The molecule has 0 bridgehead atoms. The van der Waals surface area contributed by atoms with Crippen molar-refractivity contribution in [1.29, 1.82) is 0 Å². The van der Waals surface area contributed by atoms with Crippen LogP contribution in [0.2, 0.25) is 0 Å². The monoisotopic (exact) mass is 325 g/mol. The average molecular weight is 325 g/mol. The number of carbonyl (C=O) groups is 1.